The highest BCUT2D eigenvalue weighted by Gasteiger charge is 2.35. The number of sulfonamides is 1. The van der Waals surface area contributed by atoms with E-state index >= 15 is 0 Å². The van der Waals surface area contributed by atoms with Crippen molar-refractivity contribution in [2.75, 3.05) is 13.7 Å². The van der Waals surface area contributed by atoms with Gasteiger partial charge in [-0.15, -0.1) is 0 Å². The van der Waals surface area contributed by atoms with Crippen molar-refractivity contribution in [3.8, 4) is 0 Å². The van der Waals surface area contributed by atoms with Crippen LogP contribution in [0.5, 0.6) is 0 Å². The van der Waals surface area contributed by atoms with Crippen LogP contribution in [0.4, 0.5) is 4.39 Å². The number of aliphatic hydroxyl groups excluding tert-OH is 1. The summed E-state index contributed by atoms with van der Waals surface area (Å²) in [5, 5.41) is 9.03. The minimum Gasteiger partial charge on any atom is -0.392 e. The van der Waals surface area contributed by atoms with Crippen LogP contribution in [-0.2, 0) is 21.4 Å². The molecule has 0 amide bonds. The summed E-state index contributed by atoms with van der Waals surface area (Å²) in [5.74, 6) is -0.619. The summed E-state index contributed by atoms with van der Waals surface area (Å²) in [6.45, 7) is 1.81. The average molecular weight is 303 g/mol. The molecular weight excluding hydrogens is 285 g/mol. The van der Waals surface area contributed by atoms with Crippen molar-refractivity contribution in [1.82, 2.24) is 4.31 Å². The maximum Gasteiger partial charge on any atom is 0.243 e. The summed E-state index contributed by atoms with van der Waals surface area (Å²) in [4.78, 5) is -0.0236. The summed E-state index contributed by atoms with van der Waals surface area (Å²) in [6.07, 6.45) is 0.456. The Morgan fingerprint density at radius 3 is 2.75 bits per heavy atom. The van der Waals surface area contributed by atoms with Crippen molar-refractivity contribution in [3.05, 3.63) is 29.6 Å². The van der Waals surface area contributed by atoms with Crippen LogP contribution in [0.2, 0.25) is 0 Å². The maximum absolute atomic E-state index is 13.3. The molecule has 2 atom stereocenters. The van der Waals surface area contributed by atoms with E-state index in [1.165, 1.54) is 23.5 Å². The van der Waals surface area contributed by atoms with Crippen LogP contribution in [0.1, 0.15) is 18.9 Å². The van der Waals surface area contributed by atoms with Crippen LogP contribution >= 0.6 is 0 Å². The van der Waals surface area contributed by atoms with Gasteiger partial charge in [-0.1, -0.05) is 0 Å². The second-order valence-electron chi connectivity index (χ2n) is 4.86. The number of ether oxygens (including phenoxy) is 1. The Morgan fingerprint density at radius 1 is 1.50 bits per heavy atom. The van der Waals surface area contributed by atoms with E-state index in [0.717, 1.165) is 6.07 Å². The first-order chi connectivity index (χ1) is 9.37. The van der Waals surface area contributed by atoms with Gasteiger partial charge in [0.1, 0.15) is 5.82 Å². The molecule has 1 saturated heterocycles. The van der Waals surface area contributed by atoms with E-state index in [9.17, 15) is 12.8 Å². The van der Waals surface area contributed by atoms with Crippen molar-refractivity contribution in [3.63, 3.8) is 0 Å². The molecule has 0 bridgehead atoms. The van der Waals surface area contributed by atoms with Crippen molar-refractivity contribution in [2.24, 2.45) is 0 Å². The molecule has 5 nitrogen and oxygen atoms in total. The second kappa shape index (κ2) is 5.77. The lowest BCUT2D eigenvalue weighted by Crippen LogP contribution is -2.40. The van der Waals surface area contributed by atoms with Gasteiger partial charge in [-0.25, -0.2) is 12.8 Å². The minimum absolute atomic E-state index is 0.0236. The van der Waals surface area contributed by atoms with E-state index in [1.807, 2.05) is 6.92 Å². The van der Waals surface area contributed by atoms with Gasteiger partial charge in [-0.2, -0.15) is 4.31 Å². The maximum atomic E-state index is 13.3. The summed E-state index contributed by atoms with van der Waals surface area (Å²) in [5.41, 5.74) is -0.0322. The largest absolute Gasteiger partial charge is 0.392 e. The summed E-state index contributed by atoms with van der Waals surface area (Å²) >= 11 is 0. The third kappa shape index (κ3) is 2.71. The fourth-order valence-electron chi connectivity index (χ4n) is 2.38. The molecule has 0 aliphatic carbocycles. The molecule has 0 aromatic heterocycles. The van der Waals surface area contributed by atoms with E-state index in [4.69, 9.17) is 9.84 Å². The molecule has 1 aliphatic rings. The van der Waals surface area contributed by atoms with Gasteiger partial charge in [-0.3, -0.25) is 0 Å². The molecule has 2 unspecified atom stereocenters. The van der Waals surface area contributed by atoms with Crippen molar-refractivity contribution in [2.45, 2.75) is 37.0 Å². The Hall–Kier alpha value is -1.02. The average Bonchev–Trinajstić information content (AvgIpc) is 2.84. The number of halogens is 1. The van der Waals surface area contributed by atoms with Gasteiger partial charge in [-0.05, 0) is 31.5 Å². The Morgan fingerprint density at radius 2 is 2.20 bits per heavy atom. The van der Waals surface area contributed by atoms with E-state index in [0.29, 0.717) is 13.0 Å². The van der Waals surface area contributed by atoms with Gasteiger partial charge in [0, 0.05) is 19.2 Å². The fourth-order valence-corrected chi connectivity index (χ4v) is 3.87. The number of rotatable bonds is 4. The molecule has 1 heterocycles. The predicted molar refractivity (Wildman–Crippen MR) is 71.1 cm³/mol. The molecule has 0 spiro atoms. The summed E-state index contributed by atoms with van der Waals surface area (Å²) in [6, 6.07) is 3.20. The number of aliphatic hydroxyl groups is 1. The van der Waals surface area contributed by atoms with Crippen molar-refractivity contribution >= 4 is 10.0 Å². The molecule has 112 valence electrons. The van der Waals surface area contributed by atoms with Crippen LogP contribution in [-0.4, -0.2) is 43.6 Å². The second-order valence-corrected chi connectivity index (χ2v) is 6.86. The van der Waals surface area contributed by atoms with Crippen LogP contribution in [0, 0.1) is 5.82 Å². The summed E-state index contributed by atoms with van der Waals surface area (Å²) in [7, 11) is -2.24. The van der Waals surface area contributed by atoms with Gasteiger partial charge >= 0.3 is 0 Å². The SMILES string of the molecule is CC1OCCC1N(C)S(=O)(=O)c1ccc(F)c(CO)c1. The highest BCUT2D eigenvalue weighted by Crippen LogP contribution is 2.25. The molecule has 1 aromatic rings. The Bertz CT molecular complexity index is 590. The molecule has 2 rings (SSSR count). The molecule has 1 fully saturated rings. The third-order valence-electron chi connectivity index (χ3n) is 3.67. The highest BCUT2D eigenvalue weighted by molar-refractivity contribution is 7.89. The first-order valence-corrected chi connectivity index (χ1v) is 7.81. The molecule has 0 radical (unpaired) electrons. The normalized spacial score (nSPS) is 23.4. The zero-order chi connectivity index (χ0) is 14.9. The Balaban J connectivity index is 2.34. The fraction of sp³-hybridized carbons (Fsp3) is 0.538. The number of benzene rings is 1. The van der Waals surface area contributed by atoms with Crippen molar-refractivity contribution in [1.29, 1.82) is 0 Å². The van der Waals surface area contributed by atoms with Gasteiger partial charge in [0.25, 0.3) is 0 Å². The quantitative estimate of drug-likeness (QED) is 0.905. The molecular formula is C13H18FNO4S. The number of hydrogen-bond acceptors (Lipinski definition) is 4. The highest BCUT2D eigenvalue weighted by atomic mass is 32.2. The van der Waals surface area contributed by atoms with Crippen LogP contribution in [0.25, 0.3) is 0 Å². The molecule has 7 heteroatoms. The molecule has 0 saturated carbocycles. The minimum atomic E-state index is -3.73. The van der Waals surface area contributed by atoms with E-state index in [-0.39, 0.29) is 22.6 Å². The number of nitrogens with zero attached hydrogens (tertiary/aromatic N) is 1. The van der Waals surface area contributed by atoms with Crippen LogP contribution < -0.4 is 0 Å². The zero-order valence-electron chi connectivity index (χ0n) is 11.4. The standard InChI is InChI=1S/C13H18FNO4S/c1-9-13(5-6-19-9)15(2)20(17,18)11-3-4-12(14)10(7-11)8-16/h3-4,7,9,13,16H,5-6,8H2,1-2H3. The number of hydrogen-bond donors (Lipinski definition) is 1. The van der Waals surface area contributed by atoms with Gasteiger partial charge in [0.2, 0.25) is 10.0 Å². The van der Waals surface area contributed by atoms with Gasteiger partial charge < -0.3 is 9.84 Å². The smallest absolute Gasteiger partial charge is 0.243 e. The predicted octanol–water partition coefficient (Wildman–Crippen LogP) is 1.12. The molecule has 20 heavy (non-hydrogen) atoms. The lowest BCUT2D eigenvalue weighted by atomic mass is 10.2. The van der Waals surface area contributed by atoms with Gasteiger partial charge in [0.05, 0.1) is 23.6 Å². The van der Waals surface area contributed by atoms with Crippen LogP contribution in [0.3, 0.4) is 0 Å². The Kier molecular flexibility index (Phi) is 4.43. The Labute approximate surface area is 118 Å². The van der Waals surface area contributed by atoms with E-state index in [1.54, 1.807) is 0 Å². The molecule has 1 aromatic carbocycles. The monoisotopic (exact) mass is 303 g/mol. The lowest BCUT2D eigenvalue weighted by Gasteiger charge is -2.26. The first-order valence-electron chi connectivity index (χ1n) is 6.37. The van der Waals surface area contributed by atoms with Crippen molar-refractivity contribution < 1.29 is 22.7 Å². The summed E-state index contributed by atoms with van der Waals surface area (Å²) < 4.78 is 45.0. The molecule has 1 N–H and O–H groups in total. The van der Waals surface area contributed by atoms with E-state index in [2.05, 4.69) is 0 Å². The van der Waals surface area contributed by atoms with E-state index < -0.39 is 22.4 Å². The zero-order valence-corrected chi connectivity index (χ0v) is 12.2. The topological polar surface area (TPSA) is 66.8 Å². The van der Waals surface area contributed by atoms with Crippen LogP contribution in [0.15, 0.2) is 23.1 Å². The lowest BCUT2D eigenvalue weighted by molar-refractivity contribution is 0.102. The molecule has 1 aliphatic heterocycles. The van der Waals surface area contributed by atoms with Gasteiger partial charge in [0.15, 0.2) is 0 Å². The number of likely N-dealkylation sites (N-methyl/N-ethyl adjacent to an activating group) is 1. The first kappa shape index (κ1) is 15.4. The third-order valence-corrected chi connectivity index (χ3v) is 5.55.